The quantitative estimate of drug-likeness (QED) is 0.790. The lowest BCUT2D eigenvalue weighted by Gasteiger charge is -2.05. The van der Waals surface area contributed by atoms with Crippen LogP contribution in [0.3, 0.4) is 0 Å². The van der Waals surface area contributed by atoms with Crippen molar-refractivity contribution in [3.8, 4) is 0 Å². The normalized spacial score (nSPS) is 10.6. The van der Waals surface area contributed by atoms with Crippen LogP contribution in [0, 0.1) is 0 Å². The van der Waals surface area contributed by atoms with E-state index in [-0.39, 0.29) is 5.91 Å². The highest BCUT2D eigenvalue weighted by Gasteiger charge is 2.08. The van der Waals surface area contributed by atoms with Crippen LogP contribution in [0.15, 0.2) is 53.5 Å². The molecule has 0 atom stereocenters. The molecule has 0 saturated heterocycles. The first-order valence-corrected chi connectivity index (χ1v) is 6.38. The van der Waals surface area contributed by atoms with Crippen molar-refractivity contribution in [1.29, 1.82) is 0 Å². The summed E-state index contributed by atoms with van der Waals surface area (Å²) in [6.45, 7) is 0. The summed E-state index contributed by atoms with van der Waals surface area (Å²) in [7, 11) is 0. The minimum Gasteiger partial charge on any atom is -0.319 e. The number of carbonyl (C=O) groups excluding carboxylic acids is 1. The lowest BCUT2D eigenvalue weighted by molar-refractivity contribution is 0.102. The number of halogens is 1. The van der Waals surface area contributed by atoms with Gasteiger partial charge in [-0.25, -0.2) is 4.98 Å². The number of imidazole rings is 1. The van der Waals surface area contributed by atoms with E-state index in [0.717, 1.165) is 10.3 Å². The van der Waals surface area contributed by atoms with Gasteiger partial charge in [0.25, 0.3) is 5.91 Å². The van der Waals surface area contributed by atoms with Gasteiger partial charge in [0.2, 0.25) is 0 Å². The molecule has 0 aromatic carbocycles. The molecule has 0 aliphatic carbocycles. The molecule has 3 rings (SSSR count). The van der Waals surface area contributed by atoms with E-state index in [2.05, 4.69) is 31.2 Å². The number of fused-ring (bicyclic) bond motifs is 1. The van der Waals surface area contributed by atoms with E-state index in [9.17, 15) is 4.79 Å². The fraction of sp³-hybridized carbons (Fsp3) is 0. The molecule has 0 aliphatic heterocycles. The molecule has 0 unspecified atom stereocenters. The van der Waals surface area contributed by atoms with Crippen molar-refractivity contribution in [2.75, 3.05) is 5.32 Å². The summed E-state index contributed by atoms with van der Waals surface area (Å²) < 4.78 is 2.67. The SMILES string of the molecule is O=C(Nc1ccc2ncc(Br)n2c1)c1ccccn1. The number of pyridine rings is 2. The number of hydrogen-bond acceptors (Lipinski definition) is 3. The Bertz CT molecular complexity index is 739. The van der Waals surface area contributed by atoms with Crippen LogP contribution >= 0.6 is 15.9 Å². The number of nitrogens with zero attached hydrogens (tertiary/aromatic N) is 3. The second-order valence-corrected chi connectivity index (χ2v) is 4.71. The highest BCUT2D eigenvalue weighted by molar-refractivity contribution is 9.10. The number of aromatic nitrogens is 3. The molecule has 0 bridgehead atoms. The Labute approximate surface area is 117 Å². The Morgan fingerprint density at radius 2 is 2.11 bits per heavy atom. The maximum atomic E-state index is 12.0. The van der Waals surface area contributed by atoms with Gasteiger partial charge >= 0.3 is 0 Å². The summed E-state index contributed by atoms with van der Waals surface area (Å²) >= 11 is 3.39. The molecule has 3 heterocycles. The van der Waals surface area contributed by atoms with Crippen LogP contribution in [-0.4, -0.2) is 20.3 Å². The lowest BCUT2D eigenvalue weighted by atomic mass is 10.3. The van der Waals surface area contributed by atoms with Crippen LogP contribution in [0.5, 0.6) is 0 Å². The number of hydrogen-bond donors (Lipinski definition) is 1. The van der Waals surface area contributed by atoms with Crippen LogP contribution < -0.4 is 5.32 Å². The van der Waals surface area contributed by atoms with Gasteiger partial charge in [-0.05, 0) is 40.2 Å². The van der Waals surface area contributed by atoms with Crippen molar-refractivity contribution >= 4 is 33.2 Å². The summed E-state index contributed by atoms with van der Waals surface area (Å²) in [4.78, 5) is 20.2. The van der Waals surface area contributed by atoms with Crippen molar-refractivity contribution in [3.05, 3.63) is 59.2 Å². The molecule has 19 heavy (non-hydrogen) atoms. The van der Waals surface area contributed by atoms with Gasteiger partial charge in [0.05, 0.1) is 11.9 Å². The number of carbonyl (C=O) groups is 1. The van der Waals surface area contributed by atoms with Crippen LogP contribution in [0.1, 0.15) is 10.5 Å². The van der Waals surface area contributed by atoms with Crippen LogP contribution in [0.2, 0.25) is 0 Å². The summed E-state index contributed by atoms with van der Waals surface area (Å²) in [5.74, 6) is -0.240. The van der Waals surface area contributed by atoms with E-state index in [4.69, 9.17) is 0 Å². The minimum atomic E-state index is -0.240. The average Bonchev–Trinajstić information content (AvgIpc) is 2.81. The largest absolute Gasteiger partial charge is 0.319 e. The molecule has 3 aromatic rings. The zero-order valence-electron chi connectivity index (χ0n) is 9.75. The highest BCUT2D eigenvalue weighted by atomic mass is 79.9. The van der Waals surface area contributed by atoms with E-state index in [1.165, 1.54) is 0 Å². The molecule has 0 saturated carbocycles. The average molecular weight is 317 g/mol. The van der Waals surface area contributed by atoms with Gasteiger partial charge in [-0.3, -0.25) is 14.2 Å². The summed E-state index contributed by atoms with van der Waals surface area (Å²) in [5.41, 5.74) is 1.87. The van der Waals surface area contributed by atoms with Crippen molar-refractivity contribution in [2.45, 2.75) is 0 Å². The van der Waals surface area contributed by atoms with Gasteiger partial charge in [-0.15, -0.1) is 0 Å². The lowest BCUT2D eigenvalue weighted by Crippen LogP contribution is -2.13. The van der Waals surface area contributed by atoms with E-state index in [1.54, 1.807) is 42.9 Å². The summed E-state index contributed by atoms with van der Waals surface area (Å²) in [6.07, 6.45) is 5.09. The monoisotopic (exact) mass is 316 g/mol. The third-order valence-electron chi connectivity index (χ3n) is 2.62. The molecule has 0 fully saturated rings. The van der Waals surface area contributed by atoms with E-state index in [1.807, 2.05) is 10.5 Å². The van der Waals surface area contributed by atoms with Gasteiger partial charge in [0, 0.05) is 12.4 Å². The third-order valence-corrected chi connectivity index (χ3v) is 3.20. The van der Waals surface area contributed by atoms with Crippen molar-refractivity contribution in [3.63, 3.8) is 0 Å². The summed E-state index contributed by atoms with van der Waals surface area (Å²) in [6, 6.07) is 8.85. The molecule has 0 spiro atoms. The Morgan fingerprint density at radius 1 is 1.21 bits per heavy atom. The van der Waals surface area contributed by atoms with Gasteiger partial charge in [0.1, 0.15) is 15.9 Å². The van der Waals surface area contributed by atoms with Crippen molar-refractivity contribution in [2.24, 2.45) is 0 Å². The Kier molecular flexibility index (Phi) is 3.00. The smallest absolute Gasteiger partial charge is 0.274 e. The second kappa shape index (κ2) is 4.81. The third kappa shape index (κ3) is 2.34. The van der Waals surface area contributed by atoms with E-state index < -0.39 is 0 Å². The van der Waals surface area contributed by atoms with Crippen LogP contribution in [0.4, 0.5) is 5.69 Å². The van der Waals surface area contributed by atoms with Crippen LogP contribution in [0.25, 0.3) is 5.65 Å². The molecule has 5 nitrogen and oxygen atoms in total. The van der Waals surface area contributed by atoms with Gasteiger partial charge < -0.3 is 5.32 Å². The maximum Gasteiger partial charge on any atom is 0.274 e. The molecular weight excluding hydrogens is 308 g/mol. The fourth-order valence-electron chi connectivity index (χ4n) is 1.72. The molecule has 0 aliphatic rings. The van der Waals surface area contributed by atoms with Gasteiger partial charge in [0.15, 0.2) is 0 Å². The Hall–Kier alpha value is -2.21. The number of anilines is 1. The predicted molar refractivity (Wildman–Crippen MR) is 75.1 cm³/mol. The van der Waals surface area contributed by atoms with Gasteiger partial charge in [-0.1, -0.05) is 6.07 Å². The first-order chi connectivity index (χ1) is 9.24. The number of rotatable bonds is 2. The van der Waals surface area contributed by atoms with E-state index >= 15 is 0 Å². The maximum absolute atomic E-state index is 12.0. The zero-order valence-corrected chi connectivity index (χ0v) is 11.3. The molecule has 0 radical (unpaired) electrons. The highest BCUT2D eigenvalue weighted by Crippen LogP contribution is 2.17. The molecule has 3 aromatic heterocycles. The van der Waals surface area contributed by atoms with Crippen LogP contribution in [-0.2, 0) is 0 Å². The van der Waals surface area contributed by atoms with Crippen molar-refractivity contribution in [1.82, 2.24) is 14.4 Å². The molecule has 1 N–H and O–H groups in total. The zero-order chi connectivity index (χ0) is 13.2. The molecule has 1 amide bonds. The Morgan fingerprint density at radius 3 is 2.89 bits per heavy atom. The summed E-state index contributed by atoms with van der Waals surface area (Å²) in [5, 5.41) is 2.80. The standard InChI is InChI=1S/C13H9BrN4O/c14-11-7-16-12-5-4-9(8-18(11)12)17-13(19)10-3-1-2-6-15-10/h1-8H,(H,17,19). The second-order valence-electron chi connectivity index (χ2n) is 3.90. The first kappa shape index (κ1) is 11.9. The number of nitrogens with one attached hydrogen (secondary N) is 1. The molecular formula is C13H9BrN4O. The van der Waals surface area contributed by atoms with E-state index in [0.29, 0.717) is 11.4 Å². The first-order valence-electron chi connectivity index (χ1n) is 5.59. The topological polar surface area (TPSA) is 59.3 Å². The van der Waals surface area contributed by atoms with Crippen molar-refractivity contribution < 1.29 is 4.79 Å². The molecule has 94 valence electrons. The predicted octanol–water partition coefficient (Wildman–Crippen LogP) is 2.74. The fourth-order valence-corrected chi connectivity index (χ4v) is 2.10. The van der Waals surface area contributed by atoms with Gasteiger partial charge in [-0.2, -0.15) is 0 Å². The minimum absolute atomic E-state index is 0.240. The Balaban J connectivity index is 1.89. The molecule has 6 heteroatoms. The number of amides is 1.